The molecule has 2 aromatic rings. The normalized spacial score (nSPS) is 16.9. The first-order valence-corrected chi connectivity index (χ1v) is 11.9. The van der Waals surface area contributed by atoms with Crippen molar-refractivity contribution in [3.63, 3.8) is 0 Å². The van der Waals surface area contributed by atoms with Gasteiger partial charge in [0.15, 0.2) is 5.69 Å². The summed E-state index contributed by atoms with van der Waals surface area (Å²) in [5, 5.41) is 2.77. The maximum absolute atomic E-state index is 13.4. The Morgan fingerprint density at radius 1 is 1.11 bits per heavy atom. The molecule has 4 N–H and O–H groups in total. The van der Waals surface area contributed by atoms with E-state index in [-0.39, 0.29) is 31.2 Å². The van der Waals surface area contributed by atoms with Crippen molar-refractivity contribution in [1.82, 2.24) is 19.8 Å². The number of hydrogen-bond acceptors (Lipinski definition) is 7. The molecule has 1 aromatic carbocycles. The Kier molecular flexibility index (Phi) is 7.25. The first kappa shape index (κ1) is 25.2. The van der Waals surface area contributed by atoms with Crippen LogP contribution in [0.2, 0.25) is 0 Å². The molecule has 4 rings (SSSR count). The van der Waals surface area contributed by atoms with Gasteiger partial charge in [-0.3, -0.25) is 28.8 Å². The molecular formula is C24H30N6O6. The van der Waals surface area contributed by atoms with Crippen molar-refractivity contribution >= 4 is 29.4 Å². The number of methoxy groups -OCH3 is 1. The SMILES string of the molecule is COCCN(C(=O)CN1C(=O)NC2(CCCCC2)C1=O)c1c(N)n(Cc2ccccc2)c(=O)[nH]c1=O. The highest BCUT2D eigenvalue weighted by Crippen LogP contribution is 2.33. The summed E-state index contributed by atoms with van der Waals surface area (Å²) in [6.45, 7) is -0.544. The lowest BCUT2D eigenvalue weighted by molar-refractivity contribution is -0.135. The van der Waals surface area contributed by atoms with E-state index in [1.54, 1.807) is 24.3 Å². The van der Waals surface area contributed by atoms with Gasteiger partial charge in [0.25, 0.3) is 11.5 Å². The predicted octanol–water partition coefficient (Wildman–Crippen LogP) is 0.401. The third-order valence-electron chi connectivity index (χ3n) is 6.73. The summed E-state index contributed by atoms with van der Waals surface area (Å²) in [5.41, 5.74) is 4.22. The summed E-state index contributed by atoms with van der Waals surface area (Å²) in [5.74, 6) is -1.35. The highest BCUT2D eigenvalue weighted by atomic mass is 16.5. The first-order chi connectivity index (χ1) is 17.3. The largest absolute Gasteiger partial charge is 0.383 e. The molecule has 4 amide bonds. The maximum atomic E-state index is 13.4. The fraction of sp³-hybridized carbons (Fsp3) is 0.458. The second-order valence-electron chi connectivity index (χ2n) is 9.07. The zero-order chi connectivity index (χ0) is 25.9. The predicted molar refractivity (Wildman–Crippen MR) is 132 cm³/mol. The van der Waals surface area contributed by atoms with Gasteiger partial charge in [-0.05, 0) is 18.4 Å². The van der Waals surface area contributed by atoms with Gasteiger partial charge in [0.05, 0.1) is 13.2 Å². The number of anilines is 2. The van der Waals surface area contributed by atoms with Crippen LogP contribution in [0.5, 0.6) is 0 Å². The van der Waals surface area contributed by atoms with Crippen LogP contribution in [0.25, 0.3) is 0 Å². The molecule has 12 nitrogen and oxygen atoms in total. The topological polar surface area (TPSA) is 160 Å². The van der Waals surface area contributed by atoms with Crippen LogP contribution in [0.15, 0.2) is 39.9 Å². The van der Waals surface area contributed by atoms with Crippen LogP contribution in [0.1, 0.15) is 37.7 Å². The molecule has 1 aliphatic heterocycles. The molecule has 1 saturated carbocycles. The number of aromatic amines is 1. The zero-order valence-corrected chi connectivity index (χ0v) is 20.1. The molecule has 0 atom stereocenters. The number of nitrogen functional groups attached to an aromatic ring is 1. The summed E-state index contributed by atoms with van der Waals surface area (Å²) in [6.07, 6.45) is 3.64. The number of urea groups is 1. The van der Waals surface area contributed by atoms with E-state index in [1.165, 1.54) is 7.11 Å². The molecular weight excluding hydrogens is 468 g/mol. The molecule has 2 fully saturated rings. The number of amides is 4. The number of carbonyl (C=O) groups is 3. The Morgan fingerprint density at radius 3 is 2.47 bits per heavy atom. The van der Waals surface area contributed by atoms with Crippen molar-refractivity contribution in [2.24, 2.45) is 0 Å². The van der Waals surface area contributed by atoms with E-state index in [2.05, 4.69) is 10.3 Å². The number of rotatable bonds is 8. The molecule has 1 spiro atoms. The van der Waals surface area contributed by atoms with Gasteiger partial charge < -0.3 is 20.7 Å². The highest BCUT2D eigenvalue weighted by Gasteiger charge is 2.52. The Labute approximate surface area is 207 Å². The standard InChI is InChI=1S/C24H30N6O6/c1-36-13-12-28(17(31)15-30-21(33)24(27-23(30)35)10-6-3-7-11-24)18-19(25)29(22(34)26-20(18)32)14-16-8-4-2-5-9-16/h2,4-5,8-9H,3,6-7,10-15,25H2,1H3,(H,27,35)(H,26,32,34). The van der Waals surface area contributed by atoms with Crippen molar-refractivity contribution in [2.45, 2.75) is 44.2 Å². The summed E-state index contributed by atoms with van der Waals surface area (Å²) < 4.78 is 6.26. The number of H-pyrrole nitrogens is 1. The van der Waals surface area contributed by atoms with Crippen LogP contribution in [-0.2, 0) is 20.9 Å². The lowest BCUT2D eigenvalue weighted by Crippen LogP contribution is -2.50. The zero-order valence-electron chi connectivity index (χ0n) is 20.1. The van der Waals surface area contributed by atoms with Crippen LogP contribution in [0, 0.1) is 0 Å². The van der Waals surface area contributed by atoms with Gasteiger partial charge in [0, 0.05) is 13.7 Å². The molecule has 0 bridgehead atoms. The van der Waals surface area contributed by atoms with Gasteiger partial charge in [0.1, 0.15) is 17.9 Å². The number of imide groups is 1. The van der Waals surface area contributed by atoms with Gasteiger partial charge in [0.2, 0.25) is 5.91 Å². The fourth-order valence-electron chi connectivity index (χ4n) is 4.84. The average molecular weight is 499 g/mol. The van der Waals surface area contributed by atoms with E-state index in [1.807, 2.05) is 6.07 Å². The van der Waals surface area contributed by atoms with E-state index < -0.39 is 41.2 Å². The number of hydrogen-bond donors (Lipinski definition) is 3. The Bertz CT molecular complexity index is 1260. The van der Waals surface area contributed by atoms with Crippen LogP contribution < -0.4 is 27.2 Å². The summed E-state index contributed by atoms with van der Waals surface area (Å²) in [4.78, 5) is 68.8. The minimum absolute atomic E-state index is 0.0481. The van der Waals surface area contributed by atoms with E-state index in [0.717, 1.165) is 39.2 Å². The number of benzene rings is 1. The molecule has 0 unspecified atom stereocenters. The molecule has 1 saturated heterocycles. The van der Waals surface area contributed by atoms with E-state index in [0.29, 0.717) is 12.8 Å². The Balaban J connectivity index is 1.65. The van der Waals surface area contributed by atoms with E-state index >= 15 is 0 Å². The van der Waals surface area contributed by atoms with Gasteiger partial charge in [-0.15, -0.1) is 0 Å². The van der Waals surface area contributed by atoms with Crippen molar-refractivity contribution in [3.05, 3.63) is 56.7 Å². The smallest absolute Gasteiger partial charge is 0.330 e. The number of nitrogens with one attached hydrogen (secondary N) is 2. The number of ether oxygens (including phenoxy) is 1. The van der Waals surface area contributed by atoms with Crippen molar-refractivity contribution in [2.75, 3.05) is 37.4 Å². The minimum Gasteiger partial charge on any atom is -0.383 e. The van der Waals surface area contributed by atoms with E-state index in [9.17, 15) is 24.0 Å². The highest BCUT2D eigenvalue weighted by molar-refractivity contribution is 6.10. The molecule has 2 aliphatic rings. The van der Waals surface area contributed by atoms with Crippen LogP contribution in [0.3, 0.4) is 0 Å². The van der Waals surface area contributed by atoms with Crippen LogP contribution in [-0.4, -0.2) is 64.6 Å². The lowest BCUT2D eigenvalue weighted by Gasteiger charge is -2.30. The monoisotopic (exact) mass is 498 g/mol. The molecule has 192 valence electrons. The number of aromatic nitrogens is 2. The van der Waals surface area contributed by atoms with E-state index in [4.69, 9.17) is 10.5 Å². The number of nitrogens with two attached hydrogens (primary N) is 1. The number of nitrogens with zero attached hydrogens (tertiary/aromatic N) is 3. The third-order valence-corrected chi connectivity index (χ3v) is 6.73. The molecule has 1 aromatic heterocycles. The summed E-state index contributed by atoms with van der Waals surface area (Å²) in [6, 6.07) is 8.38. The van der Waals surface area contributed by atoms with Crippen molar-refractivity contribution in [1.29, 1.82) is 0 Å². The van der Waals surface area contributed by atoms with Gasteiger partial charge >= 0.3 is 11.7 Å². The minimum atomic E-state index is -0.980. The van der Waals surface area contributed by atoms with Crippen LogP contribution in [0.4, 0.5) is 16.3 Å². The maximum Gasteiger partial charge on any atom is 0.330 e. The molecule has 0 radical (unpaired) electrons. The van der Waals surface area contributed by atoms with Crippen molar-refractivity contribution < 1.29 is 19.1 Å². The van der Waals surface area contributed by atoms with Gasteiger partial charge in [-0.1, -0.05) is 49.6 Å². The molecule has 2 heterocycles. The summed E-state index contributed by atoms with van der Waals surface area (Å²) >= 11 is 0. The Hall–Kier alpha value is -3.93. The second-order valence-corrected chi connectivity index (χ2v) is 9.07. The van der Waals surface area contributed by atoms with Gasteiger partial charge in [-0.2, -0.15) is 0 Å². The molecule has 1 aliphatic carbocycles. The second kappa shape index (κ2) is 10.4. The van der Waals surface area contributed by atoms with Crippen LogP contribution >= 0.6 is 0 Å². The first-order valence-electron chi connectivity index (χ1n) is 11.9. The average Bonchev–Trinajstić information content (AvgIpc) is 3.08. The van der Waals surface area contributed by atoms with Gasteiger partial charge in [-0.25, -0.2) is 9.59 Å². The number of carbonyl (C=O) groups excluding carboxylic acids is 3. The van der Waals surface area contributed by atoms with Crippen molar-refractivity contribution in [3.8, 4) is 0 Å². The third kappa shape index (κ3) is 4.76. The molecule has 12 heteroatoms. The lowest BCUT2D eigenvalue weighted by atomic mass is 9.82. The fourth-order valence-corrected chi connectivity index (χ4v) is 4.84. The summed E-state index contributed by atoms with van der Waals surface area (Å²) in [7, 11) is 1.43. The quantitative estimate of drug-likeness (QED) is 0.444. The molecule has 36 heavy (non-hydrogen) atoms. The Morgan fingerprint density at radius 2 is 1.81 bits per heavy atom.